The lowest BCUT2D eigenvalue weighted by Gasteiger charge is -2.28. The van der Waals surface area contributed by atoms with E-state index in [1.54, 1.807) is 0 Å². The molecule has 0 amide bonds. The molecule has 0 bridgehead atoms. The van der Waals surface area contributed by atoms with Crippen LogP contribution in [0.2, 0.25) is 0 Å². The summed E-state index contributed by atoms with van der Waals surface area (Å²) in [6, 6.07) is 0. The molecule has 1 aliphatic rings. The highest BCUT2D eigenvalue weighted by Gasteiger charge is 2.40. The molecule has 1 rings (SSSR count). The molecule has 0 N–H and O–H groups in total. The zero-order chi connectivity index (χ0) is 31.7. The zero-order valence-corrected chi connectivity index (χ0v) is 30.4. The monoisotopic (exact) mass is 631 g/mol. The number of thiol groups is 1. The van der Waals surface area contributed by atoms with E-state index < -0.39 is 0 Å². The molecule has 1 unspecified atom stereocenters. The fraction of sp³-hybridized carbons (Fsp3) is 0.805. The van der Waals surface area contributed by atoms with Crippen LogP contribution in [0.4, 0.5) is 0 Å². The van der Waals surface area contributed by atoms with E-state index in [1.165, 1.54) is 141 Å². The second-order valence-corrected chi connectivity index (χ2v) is 13.6. The summed E-state index contributed by atoms with van der Waals surface area (Å²) < 4.78 is 12.9. The molecular formula is C41H74O2S. The third-order valence-electron chi connectivity index (χ3n) is 8.88. The lowest BCUT2D eigenvalue weighted by atomic mass is 9.98. The van der Waals surface area contributed by atoms with E-state index in [2.05, 4.69) is 75.1 Å². The average molecular weight is 631 g/mol. The number of unbranched alkanes of at least 4 members (excludes halogenated alkanes) is 18. The van der Waals surface area contributed by atoms with E-state index in [0.29, 0.717) is 0 Å². The summed E-state index contributed by atoms with van der Waals surface area (Å²) >= 11 is 4.44. The fourth-order valence-electron chi connectivity index (χ4n) is 6.06. The Labute approximate surface area is 281 Å². The molecule has 0 radical (unpaired) electrons. The predicted molar refractivity (Wildman–Crippen MR) is 200 cm³/mol. The summed E-state index contributed by atoms with van der Waals surface area (Å²) in [7, 11) is 0. The van der Waals surface area contributed by atoms with Gasteiger partial charge in [-0.2, -0.15) is 12.6 Å². The molecule has 2 nitrogen and oxygen atoms in total. The van der Waals surface area contributed by atoms with Crippen molar-refractivity contribution in [2.24, 2.45) is 0 Å². The Morgan fingerprint density at radius 1 is 0.523 bits per heavy atom. The lowest BCUT2D eigenvalue weighted by molar-refractivity contribution is -0.179. The molecule has 1 aliphatic heterocycles. The molecule has 1 heterocycles. The van der Waals surface area contributed by atoms with E-state index in [-0.39, 0.29) is 11.9 Å². The van der Waals surface area contributed by atoms with Crippen molar-refractivity contribution in [2.75, 3.05) is 12.4 Å². The first-order chi connectivity index (χ1) is 21.8. The van der Waals surface area contributed by atoms with Gasteiger partial charge in [0.15, 0.2) is 5.79 Å². The van der Waals surface area contributed by atoms with Crippen molar-refractivity contribution >= 4 is 12.6 Å². The molecule has 0 aromatic heterocycles. The van der Waals surface area contributed by atoms with Gasteiger partial charge in [0.25, 0.3) is 0 Å². The molecule has 0 saturated carbocycles. The molecule has 1 atom stereocenters. The van der Waals surface area contributed by atoms with Crippen LogP contribution >= 0.6 is 12.6 Å². The van der Waals surface area contributed by atoms with Crippen molar-refractivity contribution in [3.05, 3.63) is 48.6 Å². The second-order valence-electron chi connectivity index (χ2n) is 13.1. The van der Waals surface area contributed by atoms with E-state index in [4.69, 9.17) is 9.47 Å². The Kier molecular flexibility index (Phi) is 30.2. The summed E-state index contributed by atoms with van der Waals surface area (Å²) in [5.41, 5.74) is 0. The Morgan fingerprint density at radius 2 is 0.909 bits per heavy atom. The van der Waals surface area contributed by atoms with Gasteiger partial charge in [-0.3, -0.25) is 0 Å². The molecule has 1 saturated heterocycles. The summed E-state index contributed by atoms with van der Waals surface area (Å²) in [6.07, 6.45) is 53.1. The van der Waals surface area contributed by atoms with Crippen LogP contribution in [0.25, 0.3) is 0 Å². The van der Waals surface area contributed by atoms with E-state index in [0.717, 1.165) is 44.5 Å². The van der Waals surface area contributed by atoms with Crippen LogP contribution in [0.15, 0.2) is 48.6 Å². The van der Waals surface area contributed by atoms with E-state index >= 15 is 0 Å². The van der Waals surface area contributed by atoms with Gasteiger partial charge in [-0.25, -0.2) is 0 Å². The highest BCUT2D eigenvalue weighted by molar-refractivity contribution is 7.80. The highest BCUT2D eigenvalue weighted by Crippen LogP contribution is 2.35. The zero-order valence-electron chi connectivity index (χ0n) is 29.5. The number of rotatable bonds is 32. The average Bonchev–Trinajstić information content (AvgIpc) is 3.43. The van der Waals surface area contributed by atoms with Crippen LogP contribution in [0, 0.1) is 0 Å². The van der Waals surface area contributed by atoms with E-state index in [9.17, 15) is 0 Å². The van der Waals surface area contributed by atoms with Crippen molar-refractivity contribution in [1.82, 2.24) is 0 Å². The van der Waals surface area contributed by atoms with Gasteiger partial charge in [-0.05, 0) is 89.2 Å². The van der Waals surface area contributed by atoms with Crippen LogP contribution in [0.1, 0.15) is 187 Å². The third-order valence-corrected chi connectivity index (χ3v) is 9.14. The first kappa shape index (κ1) is 41.3. The van der Waals surface area contributed by atoms with Gasteiger partial charge in [-0.1, -0.05) is 140 Å². The standard InChI is InChI=1S/C41H74O2S/c1-3-5-7-9-11-13-15-17-19-21-23-25-27-29-31-33-36-41(42-39-40(43-41)35-38-44)37-34-32-30-28-26-24-22-20-18-16-14-12-10-8-6-4-2/h11-14,17-20,40,44H,3-10,15-16,21-39H2,1-2H3/b13-11-,14-12-,19-17-,20-18-. The van der Waals surface area contributed by atoms with Gasteiger partial charge >= 0.3 is 0 Å². The Hall–Kier alpha value is -0.770. The molecule has 0 aromatic carbocycles. The van der Waals surface area contributed by atoms with Crippen LogP contribution in [-0.4, -0.2) is 24.3 Å². The van der Waals surface area contributed by atoms with Crippen LogP contribution < -0.4 is 0 Å². The lowest BCUT2D eigenvalue weighted by Crippen LogP contribution is -2.31. The molecule has 0 aromatic rings. The normalized spacial score (nSPS) is 17.0. The molecule has 0 aliphatic carbocycles. The fourth-order valence-corrected chi connectivity index (χ4v) is 6.34. The second kappa shape index (κ2) is 32.2. The Bertz CT molecular complexity index is 661. The maximum absolute atomic E-state index is 6.54. The van der Waals surface area contributed by atoms with Crippen molar-refractivity contribution in [2.45, 2.75) is 199 Å². The van der Waals surface area contributed by atoms with Crippen molar-refractivity contribution < 1.29 is 9.47 Å². The first-order valence-electron chi connectivity index (χ1n) is 19.3. The largest absolute Gasteiger partial charge is 0.347 e. The first-order valence-corrected chi connectivity index (χ1v) is 19.9. The van der Waals surface area contributed by atoms with Gasteiger partial charge in [0.1, 0.15) is 0 Å². The van der Waals surface area contributed by atoms with Crippen LogP contribution in [-0.2, 0) is 9.47 Å². The summed E-state index contributed by atoms with van der Waals surface area (Å²) in [4.78, 5) is 0. The summed E-state index contributed by atoms with van der Waals surface area (Å²) in [6.45, 7) is 5.29. The SMILES string of the molecule is CCCCC/C=C\C/C=C\CCCCCCCCC1(CCCCCCCC/C=C\C/C=C\CCCCC)OCC(CCS)O1. The molecule has 44 heavy (non-hydrogen) atoms. The van der Waals surface area contributed by atoms with Crippen molar-refractivity contribution in [1.29, 1.82) is 0 Å². The minimum absolute atomic E-state index is 0.238. The molecular weight excluding hydrogens is 557 g/mol. The van der Waals surface area contributed by atoms with Gasteiger partial charge in [0.2, 0.25) is 0 Å². The topological polar surface area (TPSA) is 18.5 Å². The maximum Gasteiger partial charge on any atom is 0.168 e. The predicted octanol–water partition coefficient (Wildman–Crippen LogP) is 13.8. The minimum atomic E-state index is -0.321. The van der Waals surface area contributed by atoms with Gasteiger partial charge in [0, 0.05) is 12.8 Å². The summed E-state index contributed by atoms with van der Waals surface area (Å²) in [5, 5.41) is 0. The van der Waals surface area contributed by atoms with Gasteiger partial charge < -0.3 is 9.47 Å². The van der Waals surface area contributed by atoms with Crippen molar-refractivity contribution in [3.63, 3.8) is 0 Å². The van der Waals surface area contributed by atoms with Gasteiger partial charge in [-0.15, -0.1) is 0 Å². The maximum atomic E-state index is 6.54. The number of hydrogen-bond acceptors (Lipinski definition) is 3. The number of ether oxygens (including phenoxy) is 2. The van der Waals surface area contributed by atoms with Crippen LogP contribution in [0.5, 0.6) is 0 Å². The quantitative estimate of drug-likeness (QED) is 0.0453. The van der Waals surface area contributed by atoms with Gasteiger partial charge in [0.05, 0.1) is 12.7 Å². The van der Waals surface area contributed by atoms with Crippen molar-refractivity contribution in [3.8, 4) is 0 Å². The summed E-state index contributed by atoms with van der Waals surface area (Å²) in [5.74, 6) is 0.554. The Balaban J connectivity index is 2.08. The molecule has 3 heteroatoms. The molecule has 256 valence electrons. The number of hydrogen-bond donors (Lipinski definition) is 1. The van der Waals surface area contributed by atoms with Crippen LogP contribution in [0.3, 0.4) is 0 Å². The molecule has 1 fully saturated rings. The highest BCUT2D eigenvalue weighted by atomic mass is 32.1. The number of allylic oxidation sites excluding steroid dienone is 8. The third kappa shape index (κ3) is 25.4. The minimum Gasteiger partial charge on any atom is -0.347 e. The molecule has 0 spiro atoms. The Morgan fingerprint density at radius 3 is 1.32 bits per heavy atom. The van der Waals surface area contributed by atoms with E-state index in [1.807, 2.05) is 0 Å². The smallest absolute Gasteiger partial charge is 0.168 e.